The zero-order valence-electron chi connectivity index (χ0n) is 16.8. The Hall–Kier alpha value is -2.81. The topological polar surface area (TPSA) is 98.2 Å². The van der Waals surface area contributed by atoms with Crippen molar-refractivity contribution in [2.24, 2.45) is 0 Å². The molecule has 2 aromatic rings. The van der Waals surface area contributed by atoms with Gasteiger partial charge in [-0.3, -0.25) is 4.72 Å². The van der Waals surface area contributed by atoms with Gasteiger partial charge in [-0.25, -0.2) is 27.6 Å². The van der Waals surface area contributed by atoms with Crippen LogP contribution in [0.3, 0.4) is 0 Å². The monoisotopic (exact) mass is 421 g/mol. The minimum Gasteiger partial charge on any atom is -0.463 e. The van der Waals surface area contributed by atoms with Gasteiger partial charge in [0.15, 0.2) is 0 Å². The Morgan fingerprint density at radius 2 is 1.86 bits per heavy atom. The molecule has 0 unspecified atom stereocenters. The summed E-state index contributed by atoms with van der Waals surface area (Å²) in [6.45, 7) is 7.21. The molecular formula is C20H24FN3O4S. The van der Waals surface area contributed by atoms with Gasteiger partial charge in [-0.2, -0.15) is 0 Å². The van der Waals surface area contributed by atoms with E-state index in [1.165, 1.54) is 43.3 Å². The van der Waals surface area contributed by atoms with E-state index in [1.54, 1.807) is 6.92 Å². The Labute approximate surface area is 170 Å². The minimum atomic E-state index is -3.59. The summed E-state index contributed by atoms with van der Waals surface area (Å²) in [6.07, 6.45) is 2.79. The highest BCUT2D eigenvalue weighted by Crippen LogP contribution is 2.30. The Morgan fingerprint density at radius 1 is 1.21 bits per heavy atom. The number of carbonyl (C=O) groups excluding carboxylic acids is 1. The van der Waals surface area contributed by atoms with E-state index >= 15 is 0 Å². The highest BCUT2D eigenvalue weighted by atomic mass is 32.2. The fourth-order valence-corrected chi connectivity index (χ4v) is 3.03. The molecule has 0 amide bonds. The molecule has 1 aromatic heterocycles. The van der Waals surface area contributed by atoms with Crippen molar-refractivity contribution in [1.29, 1.82) is 0 Å². The quantitative estimate of drug-likeness (QED) is 0.515. The van der Waals surface area contributed by atoms with E-state index in [1.807, 2.05) is 13.8 Å². The molecule has 1 N–H and O–H groups in total. The maximum absolute atomic E-state index is 13.4. The molecule has 0 aliphatic carbocycles. The largest absolute Gasteiger partial charge is 0.463 e. The molecule has 0 radical (unpaired) electrons. The average Bonchev–Trinajstić information content (AvgIpc) is 2.67. The fraction of sp³-hybridized carbons (Fsp3) is 0.350. The van der Waals surface area contributed by atoms with Crippen molar-refractivity contribution in [2.45, 2.75) is 33.6 Å². The average molecular weight is 421 g/mol. The lowest BCUT2D eigenvalue weighted by molar-refractivity contribution is -0.137. The number of hydrogen-bond acceptors (Lipinski definition) is 6. The molecule has 0 atom stereocenters. The molecule has 29 heavy (non-hydrogen) atoms. The van der Waals surface area contributed by atoms with E-state index in [0.29, 0.717) is 22.5 Å². The normalized spacial score (nSPS) is 11.8. The maximum atomic E-state index is 13.4. The van der Waals surface area contributed by atoms with Crippen molar-refractivity contribution in [2.75, 3.05) is 17.1 Å². The lowest BCUT2D eigenvalue weighted by Gasteiger charge is -2.16. The summed E-state index contributed by atoms with van der Waals surface area (Å²) in [5.41, 5.74) is 1.99. The third-order valence-electron chi connectivity index (χ3n) is 3.94. The number of esters is 1. The number of hydrogen-bond donors (Lipinski definition) is 1. The van der Waals surface area contributed by atoms with Crippen molar-refractivity contribution in [3.63, 3.8) is 0 Å². The molecule has 7 nitrogen and oxygen atoms in total. The van der Waals surface area contributed by atoms with Crippen LogP contribution in [0.15, 0.2) is 30.3 Å². The van der Waals surface area contributed by atoms with Gasteiger partial charge in [0.2, 0.25) is 16.0 Å². The van der Waals surface area contributed by atoms with Crippen molar-refractivity contribution < 1.29 is 22.3 Å². The first-order valence-electron chi connectivity index (χ1n) is 9.20. The lowest BCUT2D eigenvalue weighted by Crippen LogP contribution is -2.18. The molecule has 0 fully saturated rings. The maximum Gasteiger partial charge on any atom is 0.330 e. The van der Waals surface area contributed by atoms with Crippen LogP contribution in [-0.2, 0) is 19.6 Å². The summed E-state index contributed by atoms with van der Waals surface area (Å²) in [5.74, 6) is -1.26. The molecule has 0 saturated heterocycles. The van der Waals surface area contributed by atoms with Gasteiger partial charge in [-0.05, 0) is 50.1 Å². The Bertz CT molecular complexity index is 1000. The standard InChI is InChI=1S/C20H24FN3O4S/c1-5-28-17(25)12-11-16-18(13(3)4)22-20(24-29(26,27)6-2)23-19(16)14-7-9-15(21)10-8-14/h7-13H,5-6H2,1-4H3,(H,22,23,24). The molecular weight excluding hydrogens is 397 g/mol. The van der Waals surface area contributed by atoms with Gasteiger partial charge in [0, 0.05) is 17.2 Å². The van der Waals surface area contributed by atoms with E-state index in [4.69, 9.17) is 4.74 Å². The number of carbonyl (C=O) groups is 1. The second-order valence-corrected chi connectivity index (χ2v) is 8.46. The van der Waals surface area contributed by atoms with Gasteiger partial charge in [0.05, 0.1) is 23.7 Å². The number of aromatic nitrogens is 2. The number of anilines is 1. The van der Waals surface area contributed by atoms with Crippen LogP contribution in [0.2, 0.25) is 0 Å². The van der Waals surface area contributed by atoms with Crippen molar-refractivity contribution in [3.8, 4) is 11.3 Å². The van der Waals surface area contributed by atoms with E-state index in [2.05, 4.69) is 14.7 Å². The van der Waals surface area contributed by atoms with Gasteiger partial charge >= 0.3 is 5.97 Å². The summed E-state index contributed by atoms with van der Waals surface area (Å²) >= 11 is 0. The number of rotatable bonds is 8. The number of nitrogens with zero attached hydrogens (tertiary/aromatic N) is 2. The summed E-state index contributed by atoms with van der Waals surface area (Å²) in [7, 11) is -3.59. The van der Waals surface area contributed by atoms with E-state index in [9.17, 15) is 17.6 Å². The minimum absolute atomic E-state index is 0.0804. The van der Waals surface area contributed by atoms with Crippen molar-refractivity contribution in [1.82, 2.24) is 9.97 Å². The van der Waals surface area contributed by atoms with Crippen LogP contribution in [0, 0.1) is 5.82 Å². The van der Waals surface area contributed by atoms with Gasteiger partial charge in [-0.15, -0.1) is 0 Å². The first kappa shape index (κ1) is 22.5. The predicted octanol–water partition coefficient (Wildman–Crippen LogP) is 3.74. The third kappa shape index (κ3) is 6.08. The predicted molar refractivity (Wildman–Crippen MR) is 110 cm³/mol. The first-order valence-corrected chi connectivity index (χ1v) is 10.8. The lowest BCUT2D eigenvalue weighted by atomic mass is 9.98. The van der Waals surface area contributed by atoms with Crippen LogP contribution in [0.1, 0.15) is 44.9 Å². The van der Waals surface area contributed by atoms with Crippen LogP contribution < -0.4 is 4.72 Å². The molecule has 0 saturated carbocycles. The molecule has 1 aromatic carbocycles. The van der Waals surface area contributed by atoms with Crippen LogP contribution in [0.25, 0.3) is 17.3 Å². The smallest absolute Gasteiger partial charge is 0.330 e. The van der Waals surface area contributed by atoms with Crippen molar-refractivity contribution >= 4 is 28.0 Å². The number of sulfonamides is 1. The first-order chi connectivity index (χ1) is 13.7. The number of ether oxygens (including phenoxy) is 1. The number of benzene rings is 1. The van der Waals surface area contributed by atoms with Gasteiger partial charge in [0.25, 0.3) is 0 Å². The molecule has 0 spiro atoms. The van der Waals surface area contributed by atoms with Crippen LogP contribution in [0.4, 0.5) is 10.3 Å². The summed E-state index contributed by atoms with van der Waals surface area (Å²) in [4.78, 5) is 20.5. The zero-order valence-corrected chi connectivity index (χ0v) is 17.6. The Morgan fingerprint density at radius 3 is 2.41 bits per heavy atom. The van der Waals surface area contributed by atoms with Gasteiger partial charge in [-0.1, -0.05) is 13.8 Å². The second-order valence-electron chi connectivity index (χ2n) is 6.45. The molecule has 1 heterocycles. The third-order valence-corrected chi connectivity index (χ3v) is 5.19. The number of halogens is 1. The highest BCUT2D eigenvalue weighted by Gasteiger charge is 2.19. The fourth-order valence-electron chi connectivity index (χ4n) is 2.52. The van der Waals surface area contributed by atoms with Gasteiger partial charge < -0.3 is 4.74 Å². The summed E-state index contributed by atoms with van der Waals surface area (Å²) < 4.78 is 44.7. The molecule has 156 valence electrons. The molecule has 2 rings (SSSR count). The van der Waals surface area contributed by atoms with E-state index in [-0.39, 0.29) is 24.2 Å². The highest BCUT2D eigenvalue weighted by molar-refractivity contribution is 7.92. The van der Waals surface area contributed by atoms with E-state index < -0.39 is 21.8 Å². The second kappa shape index (κ2) is 9.60. The van der Waals surface area contributed by atoms with Crippen molar-refractivity contribution in [3.05, 3.63) is 47.4 Å². The van der Waals surface area contributed by atoms with Crippen LogP contribution in [-0.4, -0.2) is 36.7 Å². The van der Waals surface area contributed by atoms with Crippen LogP contribution >= 0.6 is 0 Å². The molecule has 9 heteroatoms. The number of nitrogens with one attached hydrogen (secondary N) is 1. The SMILES string of the molecule is CCOC(=O)C=Cc1c(-c2ccc(F)cc2)nc(NS(=O)(=O)CC)nc1C(C)C. The summed E-state index contributed by atoms with van der Waals surface area (Å²) in [6, 6.07) is 5.62. The zero-order chi connectivity index (χ0) is 21.6. The Balaban J connectivity index is 2.70. The summed E-state index contributed by atoms with van der Waals surface area (Å²) in [5, 5.41) is 0. The van der Waals surface area contributed by atoms with Gasteiger partial charge in [0.1, 0.15) is 5.82 Å². The molecule has 0 aliphatic heterocycles. The molecule has 0 aliphatic rings. The molecule has 0 bridgehead atoms. The van der Waals surface area contributed by atoms with E-state index in [0.717, 1.165) is 0 Å². The van der Waals surface area contributed by atoms with Crippen LogP contribution in [0.5, 0.6) is 0 Å². The Kier molecular flexibility index (Phi) is 7.44.